The number of nitrogens with one attached hydrogen (secondary N) is 1. The number of rotatable bonds is 3. The molecule has 2 aromatic rings. The van der Waals surface area contributed by atoms with Crippen LogP contribution in [0.15, 0.2) is 52.5 Å². The molecule has 2 saturated heterocycles. The summed E-state index contributed by atoms with van der Waals surface area (Å²) in [5.74, 6) is 2.43. The van der Waals surface area contributed by atoms with Crippen LogP contribution in [-0.4, -0.2) is 38.8 Å². The number of para-hydroxylation sites is 2. The fourth-order valence-electron chi connectivity index (χ4n) is 8.40. The average molecular weight is 484 g/mol. The van der Waals surface area contributed by atoms with Gasteiger partial charge in [0.2, 0.25) is 0 Å². The molecule has 1 aromatic carbocycles. The van der Waals surface area contributed by atoms with Gasteiger partial charge in [0.25, 0.3) is 5.56 Å². The van der Waals surface area contributed by atoms with Gasteiger partial charge in [-0.25, -0.2) is 9.98 Å². The molecule has 5 aliphatic rings. The Balaban J connectivity index is 1.25. The first-order valence-electron chi connectivity index (χ1n) is 14.1. The standard InChI is InChI=1S/C30H37N5O/c1-19-31-13-12-27(32-19)29-30(36)35(28-11-3-2-10-26(28)33-29)25-17-22-8-5-9-23(18-25)34(22)24-15-20-6-4-7-21(14-20)16-24/h2-3,10-13,20-25,32H,1,4-9,14-18H2/t20-,21+,22-,23+,24?,25?. The quantitative estimate of drug-likeness (QED) is 0.634. The van der Waals surface area contributed by atoms with Crippen LogP contribution in [-0.2, 0) is 0 Å². The Morgan fingerprint density at radius 2 is 1.58 bits per heavy atom. The molecule has 7 rings (SSSR count). The Morgan fingerprint density at radius 1 is 0.861 bits per heavy atom. The third kappa shape index (κ3) is 3.85. The number of allylic oxidation sites excluding steroid dienone is 1. The van der Waals surface area contributed by atoms with E-state index in [1.54, 1.807) is 6.21 Å². The van der Waals surface area contributed by atoms with Crippen LogP contribution >= 0.6 is 0 Å². The van der Waals surface area contributed by atoms with Crippen molar-refractivity contribution in [3.8, 4) is 0 Å². The minimum absolute atomic E-state index is 0.000674. The van der Waals surface area contributed by atoms with E-state index < -0.39 is 0 Å². The van der Waals surface area contributed by atoms with E-state index in [1.165, 1.54) is 57.8 Å². The second-order valence-corrected chi connectivity index (χ2v) is 11.9. The second-order valence-electron chi connectivity index (χ2n) is 11.9. The van der Waals surface area contributed by atoms with Crippen LogP contribution in [0.3, 0.4) is 0 Å². The number of fused-ring (bicyclic) bond motifs is 5. The average Bonchev–Trinajstić information content (AvgIpc) is 2.87. The zero-order valence-corrected chi connectivity index (χ0v) is 21.1. The van der Waals surface area contributed by atoms with Crippen LogP contribution < -0.4 is 10.9 Å². The molecule has 0 amide bonds. The van der Waals surface area contributed by atoms with E-state index in [0.29, 0.717) is 29.3 Å². The molecule has 4 heterocycles. The maximum Gasteiger partial charge on any atom is 0.279 e. The Labute approximate surface area is 213 Å². The van der Waals surface area contributed by atoms with Crippen molar-refractivity contribution in [3.05, 3.63) is 58.8 Å². The van der Waals surface area contributed by atoms with Gasteiger partial charge in [-0.3, -0.25) is 9.69 Å². The number of aliphatic imine (C=N–C) groups is 1. The largest absolute Gasteiger partial charge is 0.339 e. The van der Waals surface area contributed by atoms with E-state index in [2.05, 4.69) is 32.4 Å². The van der Waals surface area contributed by atoms with Crippen LogP contribution in [0.2, 0.25) is 0 Å². The molecule has 1 aromatic heterocycles. The SMILES string of the molecule is C=C1N=CC=C(c2nc3ccccc3n(C3C[C@H]4CCC[C@@H](C3)N4C3C[C@H]4CCC[C@@H](C3)C4)c2=O)N1. The van der Waals surface area contributed by atoms with Crippen LogP contribution in [0.25, 0.3) is 16.7 Å². The second kappa shape index (κ2) is 8.98. The molecule has 1 N–H and O–H groups in total. The number of hydrogen-bond donors (Lipinski definition) is 1. The predicted molar refractivity (Wildman–Crippen MR) is 145 cm³/mol. The molecule has 4 fully saturated rings. The van der Waals surface area contributed by atoms with Gasteiger partial charge in [0.1, 0.15) is 5.82 Å². The zero-order chi connectivity index (χ0) is 24.2. The molecule has 6 nitrogen and oxygen atoms in total. The lowest BCUT2D eigenvalue weighted by Gasteiger charge is -2.55. The van der Waals surface area contributed by atoms with E-state index in [0.717, 1.165) is 41.8 Å². The third-order valence-electron chi connectivity index (χ3n) is 9.70. The van der Waals surface area contributed by atoms with Crippen molar-refractivity contribution in [1.82, 2.24) is 19.8 Å². The summed E-state index contributed by atoms with van der Waals surface area (Å²) in [6, 6.07) is 10.3. The topological polar surface area (TPSA) is 62.5 Å². The summed E-state index contributed by atoms with van der Waals surface area (Å²) in [6.07, 6.45) is 18.1. The summed E-state index contributed by atoms with van der Waals surface area (Å²) in [5, 5.41) is 3.16. The van der Waals surface area contributed by atoms with Crippen molar-refractivity contribution in [1.29, 1.82) is 0 Å². The third-order valence-corrected chi connectivity index (χ3v) is 9.70. The molecule has 36 heavy (non-hydrogen) atoms. The monoisotopic (exact) mass is 483 g/mol. The molecule has 2 unspecified atom stereocenters. The minimum atomic E-state index is -0.000674. The predicted octanol–water partition coefficient (Wildman–Crippen LogP) is 5.41. The van der Waals surface area contributed by atoms with Crippen LogP contribution in [0.1, 0.15) is 82.4 Å². The maximum atomic E-state index is 14.1. The molecule has 0 spiro atoms. The number of benzene rings is 1. The summed E-state index contributed by atoms with van der Waals surface area (Å²) in [4.78, 5) is 26.0. The summed E-state index contributed by atoms with van der Waals surface area (Å²) < 4.78 is 2.09. The van der Waals surface area contributed by atoms with Crippen LogP contribution in [0.5, 0.6) is 0 Å². The van der Waals surface area contributed by atoms with Gasteiger partial charge in [-0.05, 0) is 75.0 Å². The molecule has 2 saturated carbocycles. The van der Waals surface area contributed by atoms with Gasteiger partial charge in [0.15, 0.2) is 5.69 Å². The Kier molecular flexibility index (Phi) is 5.61. The molecule has 6 heteroatoms. The Morgan fingerprint density at radius 3 is 2.33 bits per heavy atom. The first kappa shape index (κ1) is 22.5. The smallest absolute Gasteiger partial charge is 0.279 e. The lowest BCUT2D eigenvalue weighted by molar-refractivity contribution is -0.0485. The Hall–Kier alpha value is -2.73. The molecule has 6 atom stereocenters. The van der Waals surface area contributed by atoms with Crippen molar-refractivity contribution in [2.45, 2.75) is 94.8 Å². The maximum absolute atomic E-state index is 14.1. The van der Waals surface area contributed by atoms with E-state index >= 15 is 0 Å². The zero-order valence-electron chi connectivity index (χ0n) is 21.1. The molecule has 0 radical (unpaired) electrons. The number of aromatic nitrogens is 2. The van der Waals surface area contributed by atoms with Crippen molar-refractivity contribution in [2.75, 3.05) is 0 Å². The Bertz CT molecular complexity index is 1280. The van der Waals surface area contributed by atoms with Crippen LogP contribution in [0, 0.1) is 11.8 Å². The number of hydrogen-bond acceptors (Lipinski definition) is 5. The summed E-state index contributed by atoms with van der Waals surface area (Å²) >= 11 is 0. The first-order chi connectivity index (χ1) is 17.6. The van der Waals surface area contributed by atoms with E-state index in [4.69, 9.17) is 4.98 Å². The molecular formula is C30H37N5O. The highest BCUT2D eigenvalue weighted by Gasteiger charge is 2.45. The first-order valence-corrected chi connectivity index (χ1v) is 14.1. The lowest BCUT2D eigenvalue weighted by atomic mass is 9.68. The fourth-order valence-corrected chi connectivity index (χ4v) is 8.40. The van der Waals surface area contributed by atoms with E-state index in [9.17, 15) is 4.79 Å². The molecular weight excluding hydrogens is 446 g/mol. The fraction of sp³-hybridized carbons (Fsp3) is 0.567. The number of nitrogens with zero attached hydrogens (tertiary/aromatic N) is 4. The van der Waals surface area contributed by atoms with E-state index in [1.807, 2.05) is 24.3 Å². The van der Waals surface area contributed by atoms with Gasteiger partial charge < -0.3 is 9.88 Å². The van der Waals surface area contributed by atoms with Crippen molar-refractivity contribution < 1.29 is 0 Å². The lowest BCUT2D eigenvalue weighted by Crippen LogP contribution is -2.58. The van der Waals surface area contributed by atoms with Gasteiger partial charge >= 0.3 is 0 Å². The van der Waals surface area contributed by atoms with Crippen molar-refractivity contribution in [2.24, 2.45) is 16.8 Å². The van der Waals surface area contributed by atoms with Gasteiger partial charge in [0, 0.05) is 30.4 Å². The molecule has 3 aliphatic heterocycles. The van der Waals surface area contributed by atoms with Gasteiger partial charge in [-0.1, -0.05) is 44.4 Å². The highest BCUT2D eigenvalue weighted by molar-refractivity contribution is 5.87. The molecule has 2 aliphatic carbocycles. The summed E-state index contributed by atoms with van der Waals surface area (Å²) in [7, 11) is 0. The van der Waals surface area contributed by atoms with Gasteiger partial charge in [-0.2, -0.15) is 0 Å². The van der Waals surface area contributed by atoms with Crippen molar-refractivity contribution in [3.63, 3.8) is 0 Å². The summed E-state index contributed by atoms with van der Waals surface area (Å²) in [6.45, 7) is 3.91. The van der Waals surface area contributed by atoms with Crippen LogP contribution in [0.4, 0.5) is 0 Å². The molecule has 188 valence electrons. The van der Waals surface area contributed by atoms with Gasteiger partial charge in [0.05, 0.1) is 16.7 Å². The summed E-state index contributed by atoms with van der Waals surface area (Å²) in [5.41, 5.74) is 2.98. The number of piperidine rings is 2. The highest BCUT2D eigenvalue weighted by Crippen LogP contribution is 2.47. The van der Waals surface area contributed by atoms with Crippen molar-refractivity contribution >= 4 is 22.9 Å². The molecule has 4 bridgehead atoms. The highest BCUT2D eigenvalue weighted by atomic mass is 16.1. The normalized spacial score (nSPS) is 34.3. The van der Waals surface area contributed by atoms with Gasteiger partial charge in [-0.15, -0.1) is 0 Å². The van der Waals surface area contributed by atoms with E-state index in [-0.39, 0.29) is 11.6 Å². The minimum Gasteiger partial charge on any atom is -0.339 e.